The normalized spacial score (nSPS) is 11.4. The lowest BCUT2D eigenvalue weighted by Gasteiger charge is -2.14. The molecule has 0 bridgehead atoms. The first-order chi connectivity index (χ1) is 12.5. The van der Waals surface area contributed by atoms with Gasteiger partial charge in [-0.15, -0.1) is 35.3 Å². The van der Waals surface area contributed by atoms with Crippen LogP contribution in [-0.4, -0.2) is 36.0 Å². The minimum absolute atomic E-state index is 0. The van der Waals surface area contributed by atoms with Crippen molar-refractivity contribution in [2.45, 2.75) is 47.3 Å². The molecule has 5 nitrogen and oxygen atoms in total. The molecule has 0 aliphatic carbocycles. The molecule has 7 heteroatoms. The summed E-state index contributed by atoms with van der Waals surface area (Å²) in [6.07, 6.45) is 0. The third-order valence-corrected chi connectivity index (χ3v) is 5.30. The summed E-state index contributed by atoms with van der Waals surface area (Å²) in [5, 5.41) is 7.78. The molecule has 0 amide bonds. The molecule has 2 rings (SSSR count). The van der Waals surface area contributed by atoms with E-state index in [4.69, 9.17) is 4.99 Å². The molecule has 0 unspecified atom stereocenters. The van der Waals surface area contributed by atoms with Crippen LogP contribution in [0.4, 0.5) is 0 Å². The second kappa shape index (κ2) is 12.3. The van der Waals surface area contributed by atoms with Gasteiger partial charge in [-0.05, 0) is 45.5 Å². The van der Waals surface area contributed by atoms with Crippen molar-refractivity contribution >= 4 is 41.3 Å². The predicted octanol–water partition coefficient (Wildman–Crippen LogP) is 4.08. The highest BCUT2D eigenvalue weighted by molar-refractivity contribution is 14.0. The van der Waals surface area contributed by atoms with Crippen molar-refractivity contribution in [2.75, 3.05) is 20.1 Å². The highest BCUT2D eigenvalue weighted by Crippen LogP contribution is 2.16. The molecule has 0 saturated carbocycles. The van der Waals surface area contributed by atoms with Crippen molar-refractivity contribution in [1.82, 2.24) is 20.5 Å². The zero-order chi connectivity index (χ0) is 18.9. The van der Waals surface area contributed by atoms with Crippen LogP contribution in [0.5, 0.6) is 0 Å². The molecule has 1 aromatic carbocycles. The van der Waals surface area contributed by atoms with E-state index in [2.05, 4.69) is 79.5 Å². The van der Waals surface area contributed by atoms with Crippen LogP contribution in [0.3, 0.4) is 0 Å². The Labute approximate surface area is 184 Å². The van der Waals surface area contributed by atoms with E-state index in [-0.39, 0.29) is 24.0 Å². The standard InChI is InChI=1S/C20H31N5S.HI/c1-6-21-20(23-13-19-24-15(3)16(4)26-19)22-12-17-9-8-10-18(11-17)14-25(5)7-2;/h8-11H,6-7,12-14H2,1-5H3,(H2,21,22,23);1H. The Morgan fingerprint density at radius 1 is 1.19 bits per heavy atom. The number of nitrogens with one attached hydrogen (secondary N) is 2. The molecule has 0 fully saturated rings. The van der Waals surface area contributed by atoms with E-state index in [1.54, 1.807) is 11.3 Å². The molecule has 1 heterocycles. The van der Waals surface area contributed by atoms with E-state index in [1.807, 2.05) is 0 Å². The summed E-state index contributed by atoms with van der Waals surface area (Å²) in [4.78, 5) is 12.9. The van der Waals surface area contributed by atoms with Gasteiger partial charge in [0.1, 0.15) is 5.01 Å². The van der Waals surface area contributed by atoms with Crippen molar-refractivity contribution in [3.63, 3.8) is 0 Å². The van der Waals surface area contributed by atoms with Gasteiger partial charge in [-0.25, -0.2) is 9.98 Å². The summed E-state index contributed by atoms with van der Waals surface area (Å²) in [6.45, 7) is 12.6. The topological polar surface area (TPSA) is 52.6 Å². The van der Waals surface area contributed by atoms with Gasteiger partial charge in [-0.2, -0.15) is 0 Å². The number of hydrogen-bond acceptors (Lipinski definition) is 4. The highest BCUT2D eigenvalue weighted by Gasteiger charge is 2.05. The SMILES string of the molecule is CCNC(=NCc1cccc(CN(C)CC)c1)NCc1nc(C)c(C)s1.I. The lowest BCUT2D eigenvalue weighted by molar-refractivity contribution is 0.345. The summed E-state index contributed by atoms with van der Waals surface area (Å²) in [7, 11) is 2.14. The molecule has 0 spiro atoms. The quantitative estimate of drug-likeness (QED) is 0.325. The predicted molar refractivity (Wildman–Crippen MR) is 127 cm³/mol. The second-order valence-corrected chi connectivity index (χ2v) is 7.74. The van der Waals surface area contributed by atoms with Gasteiger partial charge in [0, 0.05) is 18.0 Å². The molecule has 2 N–H and O–H groups in total. The number of hydrogen-bond donors (Lipinski definition) is 2. The third-order valence-electron chi connectivity index (χ3n) is 4.23. The lowest BCUT2D eigenvalue weighted by atomic mass is 10.1. The molecule has 0 aliphatic heterocycles. The fraction of sp³-hybridized carbons (Fsp3) is 0.500. The van der Waals surface area contributed by atoms with E-state index in [9.17, 15) is 0 Å². The van der Waals surface area contributed by atoms with Crippen molar-refractivity contribution in [1.29, 1.82) is 0 Å². The number of aryl methyl sites for hydroxylation is 2. The molecule has 150 valence electrons. The average molecular weight is 501 g/mol. The number of thiazole rings is 1. The van der Waals surface area contributed by atoms with Gasteiger partial charge in [0.15, 0.2) is 5.96 Å². The third kappa shape index (κ3) is 8.15. The first-order valence-corrected chi connectivity index (χ1v) is 10.0. The summed E-state index contributed by atoms with van der Waals surface area (Å²) in [5.41, 5.74) is 3.67. The lowest BCUT2D eigenvalue weighted by Crippen LogP contribution is -2.36. The van der Waals surface area contributed by atoms with Crippen molar-refractivity contribution in [3.05, 3.63) is 51.0 Å². The maximum absolute atomic E-state index is 4.73. The fourth-order valence-electron chi connectivity index (χ4n) is 2.54. The summed E-state index contributed by atoms with van der Waals surface area (Å²) in [5.74, 6) is 0.828. The highest BCUT2D eigenvalue weighted by atomic mass is 127. The van der Waals surface area contributed by atoms with Crippen LogP contribution in [0.2, 0.25) is 0 Å². The zero-order valence-corrected chi connectivity index (χ0v) is 20.1. The summed E-state index contributed by atoms with van der Waals surface area (Å²) < 4.78 is 0. The Morgan fingerprint density at radius 2 is 1.93 bits per heavy atom. The number of benzene rings is 1. The minimum Gasteiger partial charge on any atom is -0.357 e. The van der Waals surface area contributed by atoms with Crippen molar-refractivity contribution in [2.24, 2.45) is 4.99 Å². The number of nitrogens with zero attached hydrogens (tertiary/aromatic N) is 3. The summed E-state index contributed by atoms with van der Waals surface area (Å²) >= 11 is 1.74. The maximum atomic E-state index is 4.73. The molecule has 0 aliphatic rings. The fourth-order valence-corrected chi connectivity index (χ4v) is 3.41. The van der Waals surface area contributed by atoms with E-state index in [1.165, 1.54) is 16.0 Å². The molecular weight excluding hydrogens is 469 g/mol. The zero-order valence-electron chi connectivity index (χ0n) is 17.0. The Balaban J connectivity index is 0.00000364. The number of halogens is 1. The largest absolute Gasteiger partial charge is 0.357 e. The molecule has 0 saturated heterocycles. The van der Waals surface area contributed by atoms with E-state index in [0.717, 1.165) is 36.3 Å². The maximum Gasteiger partial charge on any atom is 0.191 e. The Morgan fingerprint density at radius 3 is 2.56 bits per heavy atom. The molecular formula is C20H32IN5S. The second-order valence-electron chi connectivity index (χ2n) is 6.45. The van der Waals surface area contributed by atoms with Gasteiger partial charge >= 0.3 is 0 Å². The van der Waals surface area contributed by atoms with Crippen LogP contribution < -0.4 is 10.6 Å². The molecule has 0 radical (unpaired) electrons. The number of aromatic nitrogens is 1. The van der Waals surface area contributed by atoms with E-state index < -0.39 is 0 Å². The smallest absolute Gasteiger partial charge is 0.191 e. The van der Waals surface area contributed by atoms with Gasteiger partial charge in [-0.1, -0.05) is 31.2 Å². The number of guanidine groups is 1. The van der Waals surface area contributed by atoms with Crippen molar-refractivity contribution in [3.8, 4) is 0 Å². The van der Waals surface area contributed by atoms with Crippen LogP contribution in [0.1, 0.15) is 40.6 Å². The first kappa shape index (κ1) is 23.8. The number of aliphatic imine (C=N–C) groups is 1. The van der Waals surface area contributed by atoms with Crippen LogP contribution in [0.25, 0.3) is 0 Å². The Bertz CT molecular complexity index is 709. The number of rotatable bonds is 8. The summed E-state index contributed by atoms with van der Waals surface area (Å²) in [6, 6.07) is 8.67. The van der Waals surface area contributed by atoms with E-state index >= 15 is 0 Å². The van der Waals surface area contributed by atoms with Crippen molar-refractivity contribution < 1.29 is 0 Å². The van der Waals surface area contributed by atoms with E-state index in [0.29, 0.717) is 13.1 Å². The van der Waals surface area contributed by atoms with Gasteiger partial charge < -0.3 is 15.5 Å². The molecule has 0 atom stereocenters. The monoisotopic (exact) mass is 501 g/mol. The Kier molecular flexibility index (Phi) is 10.9. The van der Waals surface area contributed by atoms with Crippen LogP contribution in [-0.2, 0) is 19.6 Å². The average Bonchev–Trinajstić information content (AvgIpc) is 2.95. The Hall–Kier alpha value is -1.19. The minimum atomic E-state index is 0. The first-order valence-electron chi connectivity index (χ1n) is 9.23. The molecule has 27 heavy (non-hydrogen) atoms. The molecule has 2 aromatic rings. The van der Waals surface area contributed by atoms with Gasteiger partial charge in [0.2, 0.25) is 0 Å². The van der Waals surface area contributed by atoms with Gasteiger partial charge in [0.05, 0.1) is 18.8 Å². The van der Waals surface area contributed by atoms with Crippen LogP contribution in [0.15, 0.2) is 29.3 Å². The van der Waals surface area contributed by atoms with Crippen LogP contribution >= 0.6 is 35.3 Å². The van der Waals surface area contributed by atoms with Gasteiger partial charge in [-0.3, -0.25) is 0 Å². The molecule has 1 aromatic heterocycles. The van der Waals surface area contributed by atoms with Gasteiger partial charge in [0.25, 0.3) is 0 Å². The van der Waals surface area contributed by atoms with Crippen LogP contribution in [0, 0.1) is 13.8 Å².